The quantitative estimate of drug-likeness (QED) is 0.176. The van der Waals surface area contributed by atoms with Crippen LogP contribution in [0.1, 0.15) is 0 Å². The second-order valence-corrected chi connectivity index (χ2v) is 12.5. The van der Waals surface area contributed by atoms with E-state index in [9.17, 15) is 34.9 Å². The smallest absolute Gasteiger partial charge is 0.322 e. The molecule has 0 saturated heterocycles. The van der Waals surface area contributed by atoms with Crippen LogP contribution in [0.5, 0.6) is 0 Å². The summed E-state index contributed by atoms with van der Waals surface area (Å²) in [6, 6.07) is 0. The summed E-state index contributed by atoms with van der Waals surface area (Å²) in [4.78, 5) is 55.1. The van der Waals surface area contributed by atoms with Gasteiger partial charge in [0.2, 0.25) is 0 Å². The monoisotopic (exact) mass is 468 g/mol. The van der Waals surface area contributed by atoms with Crippen molar-refractivity contribution in [2.75, 3.05) is 0 Å². The van der Waals surface area contributed by atoms with Crippen LogP contribution in [0.4, 0.5) is 0 Å². The molecule has 144 valence electrons. The molecule has 24 heavy (non-hydrogen) atoms. The van der Waals surface area contributed by atoms with Gasteiger partial charge in [0, 0.05) is 0 Å². The van der Waals surface area contributed by atoms with E-state index < -0.39 is 56.8 Å². The average molecular weight is 468 g/mol. The highest BCUT2D eigenvalue weighted by atomic mass is 32.5. The van der Waals surface area contributed by atoms with Crippen molar-refractivity contribution in [1.29, 1.82) is 0 Å². The van der Waals surface area contributed by atoms with Gasteiger partial charge in [-0.15, -0.1) is 0 Å². The highest BCUT2D eigenvalue weighted by Gasteiger charge is 2.55. The average Bonchev–Trinajstić information content (AvgIpc) is 2.32. The van der Waals surface area contributed by atoms with Crippen LogP contribution in [-0.4, -0.2) is 81.3 Å². The van der Waals surface area contributed by atoms with Gasteiger partial charge < -0.3 is 44.7 Å². The molecule has 1 aliphatic carbocycles. The van der Waals surface area contributed by atoms with Crippen molar-refractivity contribution in [2.24, 2.45) is 0 Å². The minimum absolute atomic E-state index is 1.96. The standard InChI is InChI=1S/C6H15O12P3S3/c7-1-2(8)5(17-20(12,13)23)6(18-21(14,15)24)3(9)4(1)16-19(10,11)22/h1-9H,(H2,10,11,22)(H2,12,13,23)(H2,14,15,24)/t1-,2+,3+,4-,5-,6?/m1/s1. The maximum atomic E-state index is 10.1. The van der Waals surface area contributed by atoms with Gasteiger partial charge in [-0.3, -0.25) is 13.6 Å². The van der Waals surface area contributed by atoms with Gasteiger partial charge in [-0.1, -0.05) is 0 Å². The van der Waals surface area contributed by atoms with E-state index in [-0.39, 0.29) is 0 Å². The lowest BCUT2D eigenvalue weighted by molar-refractivity contribution is -0.208. The van der Waals surface area contributed by atoms with Crippen molar-refractivity contribution in [3.05, 3.63) is 0 Å². The van der Waals surface area contributed by atoms with Crippen molar-refractivity contribution in [3.8, 4) is 0 Å². The van der Waals surface area contributed by atoms with Gasteiger partial charge in [-0.2, -0.15) is 0 Å². The van der Waals surface area contributed by atoms with Crippen molar-refractivity contribution in [3.63, 3.8) is 0 Å². The number of aliphatic hydroxyl groups excluding tert-OH is 3. The fourth-order valence-corrected chi connectivity index (χ4v) is 4.60. The summed E-state index contributed by atoms with van der Waals surface area (Å²) in [5.41, 5.74) is 0. The molecule has 0 heterocycles. The Balaban J connectivity index is 3.23. The molecular formula is C6H15O12P3S3. The van der Waals surface area contributed by atoms with E-state index >= 15 is 0 Å². The van der Waals surface area contributed by atoms with Gasteiger partial charge in [0.1, 0.15) is 36.6 Å². The predicted molar refractivity (Wildman–Crippen MR) is 88.8 cm³/mol. The predicted octanol–water partition coefficient (Wildman–Crippen LogP) is -3.13. The van der Waals surface area contributed by atoms with Crippen LogP contribution in [-0.2, 0) is 49.0 Å². The molecule has 0 amide bonds. The van der Waals surface area contributed by atoms with Crippen molar-refractivity contribution >= 4 is 55.6 Å². The van der Waals surface area contributed by atoms with Crippen LogP contribution in [0.15, 0.2) is 0 Å². The third-order valence-corrected chi connectivity index (χ3v) is 5.13. The lowest BCUT2D eigenvalue weighted by Crippen LogP contribution is -2.65. The molecule has 1 fully saturated rings. The summed E-state index contributed by atoms with van der Waals surface area (Å²) in [6.45, 7) is -13.4. The Morgan fingerprint density at radius 3 is 1.08 bits per heavy atom. The minimum atomic E-state index is -4.48. The maximum Gasteiger partial charge on any atom is 0.322 e. The summed E-state index contributed by atoms with van der Waals surface area (Å²) in [7, 11) is 0. The zero-order valence-electron chi connectivity index (χ0n) is 11.3. The normalized spacial score (nSPS) is 35.9. The Labute approximate surface area is 150 Å². The van der Waals surface area contributed by atoms with Gasteiger partial charge >= 0.3 is 20.2 Å². The first-order valence-electron chi connectivity index (χ1n) is 5.78. The summed E-state index contributed by atoms with van der Waals surface area (Å²) in [6.07, 6.45) is -12.2. The van der Waals surface area contributed by atoms with Crippen molar-refractivity contribution < 1.29 is 58.3 Å². The van der Waals surface area contributed by atoms with Crippen molar-refractivity contribution in [2.45, 2.75) is 36.6 Å². The zero-order valence-corrected chi connectivity index (χ0v) is 16.4. The molecule has 12 nitrogen and oxygen atoms in total. The van der Waals surface area contributed by atoms with E-state index in [2.05, 4.69) is 49.0 Å². The molecule has 0 aromatic heterocycles. The van der Waals surface area contributed by atoms with Gasteiger partial charge in [-0.05, 0) is 35.4 Å². The molecule has 9 N–H and O–H groups in total. The molecule has 6 atom stereocenters. The fourth-order valence-electron chi connectivity index (χ4n) is 2.01. The molecule has 1 saturated carbocycles. The largest absolute Gasteiger partial charge is 0.387 e. The highest BCUT2D eigenvalue weighted by Crippen LogP contribution is 2.49. The zero-order chi connectivity index (χ0) is 19.1. The molecule has 0 aromatic carbocycles. The molecule has 1 unspecified atom stereocenters. The van der Waals surface area contributed by atoms with E-state index in [0.717, 1.165) is 0 Å². The molecule has 0 aromatic rings. The van der Waals surface area contributed by atoms with E-state index in [1.165, 1.54) is 0 Å². The van der Waals surface area contributed by atoms with E-state index in [4.69, 9.17) is 9.79 Å². The van der Waals surface area contributed by atoms with Gasteiger partial charge in [-0.25, -0.2) is 0 Å². The van der Waals surface area contributed by atoms with E-state index in [1.807, 2.05) is 0 Å². The lowest BCUT2D eigenvalue weighted by Gasteiger charge is -2.45. The third kappa shape index (κ3) is 7.24. The molecule has 18 heteroatoms. The Bertz CT molecular complexity index is 585. The highest BCUT2D eigenvalue weighted by molar-refractivity contribution is 8.07. The molecule has 1 aliphatic rings. The molecule has 0 aliphatic heterocycles. The van der Waals surface area contributed by atoms with Gasteiger partial charge in [0.25, 0.3) is 0 Å². The topological polar surface area (TPSA) is 210 Å². The first kappa shape index (κ1) is 23.5. The SMILES string of the molecule is O[C@@H]1[C@H](O)[C@@H](OP(O)(O)=S)C(OP(O)(O)=S)[C@@H](O)[C@@H]1OP(O)(O)=S. The lowest BCUT2D eigenvalue weighted by atomic mass is 9.85. The van der Waals surface area contributed by atoms with Crippen LogP contribution in [0.25, 0.3) is 0 Å². The molecule has 0 spiro atoms. The summed E-state index contributed by atoms with van der Waals surface area (Å²) in [5, 5.41) is 30.0. The van der Waals surface area contributed by atoms with E-state index in [0.29, 0.717) is 0 Å². The van der Waals surface area contributed by atoms with Gasteiger partial charge in [0.15, 0.2) is 0 Å². The van der Waals surface area contributed by atoms with Crippen LogP contribution in [0, 0.1) is 0 Å². The van der Waals surface area contributed by atoms with E-state index in [1.54, 1.807) is 0 Å². The number of rotatable bonds is 6. The fraction of sp³-hybridized carbons (Fsp3) is 1.00. The Hall–Kier alpha value is 1.47. The molecule has 1 rings (SSSR count). The Morgan fingerprint density at radius 1 is 0.500 bits per heavy atom. The maximum absolute atomic E-state index is 10.1. The second kappa shape index (κ2) is 8.23. The first-order valence-corrected chi connectivity index (χ1v) is 13.7. The molecule has 0 bridgehead atoms. The number of hydrogen-bond acceptors (Lipinski definition) is 9. The van der Waals surface area contributed by atoms with Crippen LogP contribution >= 0.6 is 20.2 Å². The summed E-state index contributed by atoms with van der Waals surface area (Å²) < 4.78 is 13.7. The van der Waals surface area contributed by atoms with Crippen LogP contribution in [0.3, 0.4) is 0 Å². The number of hydrogen-bond donors (Lipinski definition) is 9. The summed E-state index contributed by atoms with van der Waals surface area (Å²) in [5.74, 6) is 0. The number of aliphatic hydroxyl groups is 3. The Kier molecular flexibility index (Phi) is 8.06. The van der Waals surface area contributed by atoms with Crippen LogP contribution in [0.2, 0.25) is 0 Å². The van der Waals surface area contributed by atoms with Crippen LogP contribution < -0.4 is 0 Å². The second-order valence-electron chi connectivity index (χ2n) is 4.65. The molecule has 0 radical (unpaired) electrons. The minimum Gasteiger partial charge on any atom is -0.387 e. The van der Waals surface area contributed by atoms with Crippen molar-refractivity contribution in [1.82, 2.24) is 0 Å². The van der Waals surface area contributed by atoms with Gasteiger partial charge in [0.05, 0.1) is 0 Å². The third-order valence-electron chi connectivity index (χ3n) is 2.80. The first-order chi connectivity index (χ1) is 10.5. The summed E-state index contributed by atoms with van der Waals surface area (Å²) >= 11 is 12.6. The molecular weight excluding hydrogens is 453 g/mol. The Morgan fingerprint density at radius 2 is 0.750 bits per heavy atom.